The first-order chi connectivity index (χ1) is 17.3. The van der Waals surface area contributed by atoms with E-state index in [0.29, 0.717) is 12.0 Å². The zero-order chi connectivity index (χ0) is 28.3. The van der Waals surface area contributed by atoms with Crippen LogP contribution in [0.4, 0.5) is 0 Å². The zero-order valence-corrected chi connectivity index (χ0v) is 24.0. The van der Waals surface area contributed by atoms with Gasteiger partial charge in [0.25, 0.3) is 0 Å². The monoisotopic (exact) mass is 539 g/mol. The number of esters is 1. The van der Waals surface area contributed by atoms with Crippen molar-refractivity contribution in [1.29, 1.82) is 0 Å². The van der Waals surface area contributed by atoms with Gasteiger partial charge in [0.15, 0.2) is 0 Å². The van der Waals surface area contributed by atoms with Gasteiger partial charge in [0.1, 0.15) is 11.9 Å². The standard InChI is InChI=1S/C27H41NO6S.CH4O/c1-16-9-7-8-10-21(29)22(30)14-23(17(2)13-20-15-35-19(4)28-20)34-24(31)11-12-27(5,6)26(33)18(3)25(16)32;1-2/h7-8,13,15-16,18,21-23,25,29-30,32H,9-12,14H2,1-6H3;2H,1H3/b8-7-,17-13+;. The number of hydrogen-bond donors (Lipinski definition) is 4. The molecule has 0 aliphatic carbocycles. The first-order valence-electron chi connectivity index (χ1n) is 12.8. The van der Waals surface area contributed by atoms with E-state index in [2.05, 4.69) is 4.98 Å². The fourth-order valence-corrected chi connectivity index (χ4v) is 4.91. The molecule has 0 amide bonds. The molecule has 6 atom stereocenters. The van der Waals surface area contributed by atoms with Crippen LogP contribution in [0.2, 0.25) is 0 Å². The van der Waals surface area contributed by atoms with Crippen molar-refractivity contribution in [1.82, 2.24) is 4.98 Å². The van der Waals surface area contributed by atoms with E-state index in [4.69, 9.17) is 9.84 Å². The van der Waals surface area contributed by atoms with Gasteiger partial charge in [0.05, 0.1) is 29.0 Å². The van der Waals surface area contributed by atoms with Crippen LogP contribution in [0, 0.1) is 24.2 Å². The average molecular weight is 540 g/mol. The molecule has 9 heteroatoms. The second-order valence-corrected chi connectivity index (χ2v) is 11.5. The van der Waals surface area contributed by atoms with Crippen molar-refractivity contribution in [2.75, 3.05) is 7.11 Å². The van der Waals surface area contributed by atoms with E-state index in [9.17, 15) is 24.9 Å². The number of carbonyl (C=O) groups excluding carboxylic acids is 2. The molecule has 0 fully saturated rings. The highest BCUT2D eigenvalue weighted by molar-refractivity contribution is 7.09. The summed E-state index contributed by atoms with van der Waals surface area (Å²) < 4.78 is 5.75. The highest BCUT2D eigenvalue weighted by Crippen LogP contribution is 2.31. The molecule has 1 aliphatic heterocycles. The van der Waals surface area contributed by atoms with E-state index in [0.717, 1.165) is 17.8 Å². The van der Waals surface area contributed by atoms with Gasteiger partial charge in [-0.2, -0.15) is 0 Å². The third-order valence-corrected chi connectivity index (χ3v) is 7.67. The average Bonchev–Trinajstić information content (AvgIpc) is 3.28. The highest BCUT2D eigenvalue weighted by atomic mass is 32.1. The Morgan fingerprint density at radius 2 is 1.73 bits per heavy atom. The fourth-order valence-electron chi connectivity index (χ4n) is 4.34. The Bertz CT molecular complexity index is 923. The molecule has 1 aromatic rings. The van der Waals surface area contributed by atoms with Crippen molar-refractivity contribution in [2.24, 2.45) is 17.3 Å². The summed E-state index contributed by atoms with van der Waals surface area (Å²) in [6.07, 6.45) is 2.86. The number of allylic oxidation sites excluding steroid dienone is 1. The van der Waals surface area contributed by atoms with Crippen LogP contribution in [-0.2, 0) is 14.3 Å². The second-order valence-electron chi connectivity index (χ2n) is 10.5. The predicted molar refractivity (Wildman–Crippen MR) is 146 cm³/mol. The van der Waals surface area contributed by atoms with Crippen molar-refractivity contribution < 1.29 is 34.8 Å². The minimum absolute atomic E-state index is 0.0247. The van der Waals surface area contributed by atoms with Gasteiger partial charge in [-0.05, 0) is 50.7 Å². The summed E-state index contributed by atoms with van der Waals surface area (Å²) in [5.74, 6) is -1.30. The Labute approximate surface area is 225 Å². The zero-order valence-electron chi connectivity index (χ0n) is 23.2. The van der Waals surface area contributed by atoms with Crippen LogP contribution in [0.25, 0.3) is 6.08 Å². The molecular formula is C28H45NO7S. The third-order valence-electron chi connectivity index (χ3n) is 6.88. The molecule has 210 valence electrons. The Morgan fingerprint density at radius 1 is 1.11 bits per heavy atom. The molecule has 1 aromatic heterocycles. The summed E-state index contributed by atoms with van der Waals surface area (Å²) >= 11 is 1.51. The topological polar surface area (TPSA) is 137 Å². The molecule has 37 heavy (non-hydrogen) atoms. The molecule has 2 rings (SSSR count). The van der Waals surface area contributed by atoms with Crippen LogP contribution in [-0.4, -0.2) is 68.7 Å². The number of aromatic nitrogens is 1. The van der Waals surface area contributed by atoms with Crippen LogP contribution in [0.15, 0.2) is 23.1 Å². The van der Waals surface area contributed by atoms with Gasteiger partial charge < -0.3 is 25.2 Å². The van der Waals surface area contributed by atoms with E-state index in [-0.39, 0.29) is 37.4 Å². The minimum atomic E-state index is -1.10. The van der Waals surface area contributed by atoms with Crippen LogP contribution in [0.1, 0.15) is 77.4 Å². The molecule has 4 N–H and O–H groups in total. The fraction of sp³-hybridized carbons (Fsp3) is 0.679. The van der Waals surface area contributed by atoms with Crippen LogP contribution in [0.5, 0.6) is 0 Å². The molecule has 0 spiro atoms. The van der Waals surface area contributed by atoms with Crippen LogP contribution in [0.3, 0.4) is 0 Å². The summed E-state index contributed by atoms with van der Waals surface area (Å²) in [6, 6.07) is 0. The summed E-state index contributed by atoms with van der Waals surface area (Å²) in [5, 5.41) is 41.7. The van der Waals surface area contributed by atoms with Crippen LogP contribution < -0.4 is 0 Å². The maximum absolute atomic E-state index is 13.1. The summed E-state index contributed by atoms with van der Waals surface area (Å²) in [5.41, 5.74) is 0.650. The minimum Gasteiger partial charge on any atom is -0.458 e. The van der Waals surface area contributed by atoms with Crippen molar-refractivity contribution in [2.45, 2.75) is 98.1 Å². The lowest BCUT2D eigenvalue weighted by atomic mass is 9.74. The van der Waals surface area contributed by atoms with Crippen molar-refractivity contribution >= 4 is 29.2 Å². The first-order valence-corrected chi connectivity index (χ1v) is 13.7. The summed E-state index contributed by atoms with van der Waals surface area (Å²) in [6.45, 7) is 10.9. The molecule has 0 aromatic carbocycles. The number of nitrogens with zero attached hydrogens (tertiary/aromatic N) is 1. The van der Waals surface area contributed by atoms with E-state index in [1.165, 1.54) is 11.3 Å². The van der Waals surface area contributed by atoms with Gasteiger partial charge in [-0.1, -0.05) is 39.8 Å². The number of cyclic esters (lactones) is 1. The Kier molecular flexibility index (Phi) is 13.9. The SMILES string of the molecule is C/C(=C\c1csc(C)n1)C1CC(O)C(O)C/C=C\CC(C)C(O)C(C)C(=O)C(C)(C)CCC(=O)O1.CO. The lowest BCUT2D eigenvalue weighted by Crippen LogP contribution is -2.39. The lowest BCUT2D eigenvalue weighted by molar-refractivity contribution is -0.150. The Hall–Kier alpha value is -1.91. The molecule has 0 bridgehead atoms. The normalized spacial score (nSPS) is 31.5. The van der Waals surface area contributed by atoms with Gasteiger partial charge in [0.2, 0.25) is 0 Å². The third kappa shape index (κ3) is 10.4. The molecule has 0 radical (unpaired) electrons. The number of carbonyl (C=O) groups is 2. The maximum Gasteiger partial charge on any atom is 0.306 e. The number of rotatable bonds is 2. The molecule has 2 heterocycles. The molecule has 1 aliphatic rings. The Balaban J connectivity index is 0.00000334. The summed E-state index contributed by atoms with van der Waals surface area (Å²) in [4.78, 5) is 30.4. The highest BCUT2D eigenvalue weighted by Gasteiger charge is 2.37. The van der Waals surface area contributed by atoms with Crippen molar-refractivity contribution in [3.63, 3.8) is 0 Å². The van der Waals surface area contributed by atoms with Gasteiger partial charge in [-0.15, -0.1) is 11.3 Å². The van der Waals surface area contributed by atoms with E-state index in [1.807, 2.05) is 38.3 Å². The largest absolute Gasteiger partial charge is 0.458 e. The molecule has 8 nitrogen and oxygen atoms in total. The predicted octanol–water partition coefficient (Wildman–Crippen LogP) is 3.85. The number of aliphatic hydroxyl groups excluding tert-OH is 4. The number of ether oxygens (including phenoxy) is 1. The van der Waals surface area contributed by atoms with Crippen molar-refractivity contribution in [3.8, 4) is 0 Å². The van der Waals surface area contributed by atoms with E-state index in [1.54, 1.807) is 26.8 Å². The number of ketones is 1. The van der Waals surface area contributed by atoms with E-state index >= 15 is 0 Å². The lowest BCUT2D eigenvalue weighted by Gasteiger charge is -2.31. The van der Waals surface area contributed by atoms with Gasteiger partial charge in [-0.3, -0.25) is 9.59 Å². The summed E-state index contributed by atoms with van der Waals surface area (Å²) in [7, 11) is 1.00. The Morgan fingerprint density at radius 3 is 2.32 bits per heavy atom. The molecule has 0 saturated heterocycles. The molecule has 0 saturated carbocycles. The number of aliphatic hydroxyl groups is 4. The first kappa shape index (κ1) is 33.1. The van der Waals surface area contributed by atoms with E-state index < -0.39 is 41.7 Å². The van der Waals surface area contributed by atoms with Crippen molar-refractivity contribution in [3.05, 3.63) is 33.8 Å². The van der Waals surface area contributed by atoms with Gasteiger partial charge >= 0.3 is 5.97 Å². The number of thiazole rings is 1. The molecular weight excluding hydrogens is 494 g/mol. The number of hydrogen-bond acceptors (Lipinski definition) is 9. The van der Waals surface area contributed by atoms with Crippen LogP contribution >= 0.6 is 11.3 Å². The maximum atomic E-state index is 13.1. The van der Waals surface area contributed by atoms with Gasteiger partial charge in [-0.25, -0.2) is 4.98 Å². The van der Waals surface area contributed by atoms with Gasteiger partial charge in [0, 0.05) is 36.7 Å². The smallest absolute Gasteiger partial charge is 0.306 e. The molecule has 6 unspecified atom stereocenters. The number of aryl methyl sites for hydroxylation is 1. The quantitative estimate of drug-likeness (QED) is 0.329. The number of Topliss-reactive ketones (excluding diaryl/α,β-unsaturated/α-hetero) is 1. The second kappa shape index (κ2) is 15.5.